The molecule has 9 heteroatoms. The van der Waals surface area contributed by atoms with E-state index in [-0.39, 0.29) is 17.0 Å². The van der Waals surface area contributed by atoms with Gasteiger partial charge in [-0.15, -0.1) is 0 Å². The maximum Gasteiger partial charge on any atom is 0.454 e. The van der Waals surface area contributed by atoms with E-state index in [0.717, 1.165) is 12.1 Å². The summed E-state index contributed by atoms with van der Waals surface area (Å²) in [4.78, 5) is 21.1. The van der Waals surface area contributed by atoms with Crippen LogP contribution in [-0.2, 0) is 9.22 Å². The lowest BCUT2D eigenvalue weighted by Gasteiger charge is -2.22. The number of allylic oxidation sites excluding steroid dienone is 1. The monoisotopic (exact) mass is 333 g/mol. The highest BCUT2D eigenvalue weighted by Gasteiger charge is 2.37. The van der Waals surface area contributed by atoms with E-state index in [9.17, 15) is 28.1 Å². The number of nitro groups is 1. The van der Waals surface area contributed by atoms with E-state index in [2.05, 4.69) is 0 Å². The molecule has 0 bridgehead atoms. The van der Waals surface area contributed by atoms with Gasteiger partial charge in [-0.2, -0.15) is 13.2 Å². The van der Waals surface area contributed by atoms with Crippen molar-refractivity contribution >= 4 is 25.5 Å². The molecule has 0 aliphatic carbocycles. The molecule has 0 N–H and O–H groups in total. The molecule has 22 heavy (non-hydrogen) atoms. The van der Waals surface area contributed by atoms with Gasteiger partial charge < -0.3 is 4.43 Å². The molecule has 1 aromatic carbocycles. The molecule has 0 saturated carbocycles. The fraction of sp³-hybridized carbons (Fsp3) is 0.308. The second-order valence-electron chi connectivity index (χ2n) is 5.39. The Hall–Kier alpha value is -2.16. The quantitative estimate of drug-likeness (QED) is 0.269. The molecule has 0 amide bonds. The van der Waals surface area contributed by atoms with E-state index >= 15 is 0 Å². The number of alkyl halides is 3. The van der Waals surface area contributed by atoms with Crippen molar-refractivity contribution < 1.29 is 27.3 Å². The van der Waals surface area contributed by atoms with Crippen molar-refractivity contribution in [3.8, 4) is 0 Å². The van der Waals surface area contributed by atoms with E-state index in [1.54, 1.807) is 19.6 Å². The molecule has 120 valence electrons. The Labute approximate surface area is 125 Å². The average Bonchev–Trinajstić information content (AvgIpc) is 2.35. The van der Waals surface area contributed by atoms with Crippen molar-refractivity contribution in [1.29, 1.82) is 0 Å². The van der Waals surface area contributed by atoms with Crippen LogP contribution >= 0.6 is 0 Å². The number of nitro benzene ring substituents is 1. The minimum Gasteiger partial charge on any atom is -0.544 e. The zero-order chi connectivity index (χ0) is 17.1. The van der Waals surface area contributed by atoms with E-state index in [1.165, 1.54) is 12.1 Å². The summed E-state index contributed by atoms with van der Waals surface area (Å²) in [6.07, 6.45) is -4.63. The van der Waals surface area contributed by atoms with Crippen LogP contribution in [0.5, 0.6) is 0 Å². The number of carbonyl (C=O) groups excluding carboxylic acids is 1. The van der Waals surface area contributed by atoms with Crippen molar-refractivity contribution in [2.24, 2.45) is 0 Å². The van der Waals surface area contributed by atoms with Crippen LogP contribution in [0.2, 0.25) is 19.6 Å². The van der Waals surface area contributed by atoms with Gasteiger partial charge >= 0.3 is 6.18 Å². The Morgan fingerprint density at radius 2 is 1.73 bits per heavy atom. The first-order valence-electron chi connectivity index (χ1n) is 6.17. The predicted octanol–water partition coefficient (Wildman–Crippen LogP) is 3.92. The summed E-state index contributed by atoms with van der Waals surface area (Å²) in [6, 6.07) is 4.76. The molecule has 1 aromatic rings. The van der Waals surface area contributed by atoms with Crippen LogP contribution in [-0.4, -0.2) is 25.2 Å². The Bertz CT molecular complexity index is 603. The highest BCUT2D eigenvalue weighted by atomic mass is 28.4. The van der Waals surface area contributed by atoms with Gasteiger partial charge in [-0.05, 0) is 31.8 Å². The molecular formula is C13H14F3NO4Si. The largest absolute Gasteiger partial charge is 0.544 e. The van der Waals surface area contributed by atoms with Crippen LogP contribution in [0.3, 0.4) is 0 Å². The minimum atomic E-state index is -5.01. The smallest absolute Gasteiger partial charge is 0.454 e. The molecule has 5 nitrogen and oxygen atoms in total. The molecule has 0 radical (unpaired) electrons. The van der Waals surface area contributed by atoms with E-state index < -0.39 is 25.2 Å². The number of rotatable bonds is 5. The highest BCUT2D eigenvalue weighted by molar-refractivity contribution is 6.70. The van der Waals surface area contributed by atoms with Crippen molar-refractivity contribution in [2.45, 2.75) is 25.8 Å². The van der Waals surface area contributed by atoms with E-state index in [0.29, 0.717) is 6.08 Å². The van der Waals surface area contributed by atoms with Gasteiger partial charge in [0.05, 0.1) is 4.92 Å². The highest BCUT2D eigenvalue weighted by Crippen LogP contribution is 2.26. The minimum absolute atomic E-state index is 0.172. The number of non-ortho nitro benzene ring substituents is 1. The van der Waals surface area contributed by atoms with Crippen molar-refractivity contribution in [3.63, 3.8) is 0 Å². The molecule has 0 atom stereocenters. The fourth-order valence-electron chi connectivity index (χ4n) is 1.45. The van der Waals surface area contributed by atoms with Gasteiger partial charge in [0.15, 0.2) is 0 Å². The summed E-state index contributed by atoms with van der Waals surface area (Å²) in [6.45, 7) is 5.22. The lowest BCUT2D eigenvalue weighted by atomic mass is 10.1. The van der Waals surface area contributed by atoms with Crippen LogP contribution in [0.1, 0.15) is 5.56 Å². The molecule has 0 aliphatic rings. The van der Waals surface area contributed by atoms with Gasteiger partial charge in [-0.25, -0.2) is 0 Å². The number of carbonyl (C=O) groups is 1. The molecule has 0 aromatic heterocycles. The summed E-state index contributed by atoms with van der Waals surface area (Å²) in [7, 11) is -2.29. The summed E-state index contributed by atoms with van der Waals surface area (Å²) in [5.41, 5.74) is -0.0381. The number of hydrogen-bond acceptors (Lipinski definition) is 4. The van der Waals surface area contributed by atoms with Crippen LogP contribution in [0.4, 0.5) is 18.9 Å². The molecule has 0 heterocycles. The maximum atomic E-state index is 12.4. The maximum absolute atomic E-state index is 12.4. The van der Waals surface area contributed by atoms with Crippen molar-refractivity contribution in [2.75, 3.05) is 0 Å². The second kappa shape index (κ2) is 6.30. The SMILES string of the molecule is C[Si](C)(C)O/C(=C\C(=O)C(F)(F)F)c1ccc([N+](=O)[O-])cc1. The van der Waals surface area contributed by atoms with Crippen molar-refractivity contribution in [3.05, 3.63) is 46.0 Å². The van der Waals surface area contributed by atoms with Gasteiger partial charge in [0, 0.05) is 23.8 Å². The van der Waals surface area contributed by atoms with Crippen LogP contribution in [0, 0.1) is 10.1 Å². The number of hydrogen-bond donors (Lipinski definition) is 0. The zero-order valence-electron chi connectivity index (χ0n) is 12.1. The number of nitrogens with zero attached hydrogens (tertiary/aromatic N) is 1. The van der Waals surface area contributed by atoms with Crippen molar-refractivity contribution in [1.82, 2.24) is 0 Å². The summed E-state index contributed by atoms with van der Waals surface area (Å²) >= 11 is 0. The Balaban J connectivity index is 3.23. The van der Waals surface area contributed by atoms with Crippen LogP contribution < -0.4 is 0 Å². The summed E-state index contributed by atoms with van der Waals surface area (Å²) in [5, 5.41) is 10.6. The van der Waals surface area contributed by atoms with E-state index in [4.69, 9.17) is 4.43 Å². The molecule has 0 spiro atoms. The fourth-order valence-corrected chi connectivity index (χ4v) is 2.29. The molecular weight excluding hydrogens is 319 g/mol. The van der Waals surface area contributed by atoms with Gasteiger partial charge in [0.25, 0.3) is 11.5 Å². The Morgan fingerprint density at radius 1 is 1.23 bits per heavy atom. The van der Waals surface area contributed by atoms with E-state index in [1.807, 2.05) is 0 Å². The average molecular weight is 333 g/mol. The first-order chi connectivity index (χ1) is 9.90. The molecule has 0 unspecified atom stereocenters. The van der Waals surface area contributed by atoms with Crippen LogP contribution in [0.25, 0.3) is 5.76 Å². The molecule has 1 rings (SSSR count). The summed E-state index contributed by atoms with van der Waals surface area (Å²) < 4.78 is 42.7. The topological polar surface area (TPSA) is 69.4 Å². The molecule has 0 saturated heterocycles. The first kappa shape index (κ1) is 17.9. The number of halogens is 3. The van der Waals surface area contributed by atoms with Gasteiger partial charge in [-0.1, -0.05) is 0 Å². The standard InChI is InChI=1S/C13H14F3NO4Si/c1-22(2,3)21-11(8-12(18)13(14,15)16)9-4-6-10(7-5-9)17(19)20/h4-8H,1-3H3/b11-8-. The Morgan fingerprint density at radius 3 is 2.09 bits per heavy atom. The lowest BCUT2D eigenvalue weighted by molar-refractivity contribution is -0.384. The third-order valence-corrected chi connectivity index (χ3v) is 3.15. The van der Waals surface area contributed by atoms with Gasteiger partial charge in [0.2, 0.25) is 8.32 Å². The molecule has 0 aliphatic heterocycles. The second-order valence-corrected chi connectivity index (χ2v) is 9.82. The normalized spacial score (nSPS) is 12.9. The molecule has 0 fully saturated rings. The third kappa shape index (κ3) is 5.32. The number of benzene rings is 1. The van der Waals surface area contributed by atoms with Crippen LogP contribution in [0.15, 0.2) is 30.3 Å². The van der Waals surface area contributed by atoms with Gasteiger partial charge in [0.1, 0.15) is 5.76 Å². The predicted molar refractivity (Wildman–Crippen MR) is 76.6 cm³/mol. The summed E-state index contributed by atoms with van der Waals surface area (Å²) in [5.74, 6) is -2.28. The zero-order valence-corrected chi connectivity index (χ0v) is 13.1. The third-order valence-electron chi connectivity index (χ3n) is 2.32. The Kier molecular flexibility index (Phi) is 5.12. The number of ketones is 1. The van der Waals surface area contributed by atoms with Gasteiger partial charge in [-0.3, -0.25) is 14.9 Å². The first-order valence-corrected chi connectivity index (χ1v) is 9.58. The lowest BCUT2D eigenvalue weighted by Crippen LogP contribution is -2.26.